The SMILES string of the molecule is COC1(SC)C=CC=CC1CN. The first kappa shape index (κ1) is 9.84. The second-order valence-electron chi connectivity index (χ2n) is 2.72. The van der Waals surface area contributed by atoms with E-state index >= 15 is 0 Å². The number of allylic oxidation sites excluding steroid dienone is 2. The minimum Gasteiger partial charge on any atom is -0.363 e. The van der Waals surface area contributed by atoms with Crippen LogP contribution in [0, 0.1) is 5.92 Å². The van der Waals surface area contributed by atoms with Crippen molar-refractivity contribution in [1.82, 2.24) is 0 Å². The number of thioether (sulfide) groups is 1. The fraction of sp³-hybridized carbons (Fsp3) is 0.556. The van der Waals surface area contributed by atoms with Crippen LogP contribution in [-0.2, 0) is 4.74 Å². The molecule has 1 rings (SSSR count). The molecule has 2 atom stereocenters. The molecule has 68 valence electrons. The Hall–Kier alpha value is -0.250. The zero-order valence-corrected chi connectivity index (χ0v) is 8.30. The Bertz CT molecular complexity index is 197. The highest BCUT2D eigenvalue weighted by molar-refractivity contribution is 8.00. The molecule has 1 aliphatic rings. The summed E-state index contributed by atoms with van der Waals surface area (Å²) >= 11 is 1.69. The van der Waals surface area contributed by atoms with Gasteiger partial charge in [-0.3, -0.25) is 0 Å². The van der Waals surface area contributed by atoms with Gasteiger partial charge in [-0.25, -0.2) is 0 Å². The van der Waals surface area contributed by atoms with E-state index in [2.05, 4.69) is 12.2 Å². The highest BCUT2D eigenvalue weighted by Gasteiger charge is 2.34. The van der Waals surface area contributed by atoms with Crippen LogP contribution in [0.1, 0.15) is 0 Å². The Morgan fingerprint density at radius 3 is 2.75 bits per heavy atom. The first-order valence-electron chi connectivity index (χ1n) is 3.95. The molecule has 2 nitrogen and oxygen atoms in total. The van der Waals surface area contributed by atoms with Gasteiger partial charge in [0.1, 0.15) is 4.93 Å². The predicted molar refractivity (Wildman–Crippen MR) is 54.1 cm³/mol. The van der Waals surface area contributed by atoms with Crippen molar-refractivity contribution in [3.8, 4) is 0 Å². The van der Waals surface area contributed by atoms with Gasteiger partial charge < -0.3 is 10.5 Å². The molecule has 0 spiro atoms. The predicted octanol–water partition coefficient (Wildman–Crippen LogP) is 1.39. The van der Waals surface area contributed by atoms with E-state index in [0.29, 0.717) is 6.54 Å². The van der Waals surface area contributed by atoms with E-state index in [1.165, 1.54) is 0 Å². The largest absolute Gasteiger partial charge is 0.363 e. The highest BCUT2D eigenvalue weighted by Crippen LogP contribution is 2.36. The molecule has 0 bridgehead atoms. The van der Waals surface area contributed by atoms with Crippen LogP contribution < -0.4 is 5.73 Å². The van der Waals surface area contributed by atoms with Gasteiger partial charge in [0, 0.05) is 19.6 Å². The van der Waals surface area contributed by atoms with Gasteiger partial charge in [-0.1, -0.05) is 18.2 Å². The van der Waals surface area contributed by atoms with Crippen LogP contribution in [0.3, 0.4) is 0 Å². The van der Waals surface area contributed by atoms with Gasteiger partial charge in [0.2, 0.25) is 0 Å². The van der Waals surface area contributed by atoms with E-state index in [4.69, 9.17) is 10.5 Å². The number of rotatable bonds is 3. The first-order valence-corrected chi connectivity index (χ1v) is 5.18. The molecule has 0 aromatic rings. The van der Waals surface area contributed by atoms with Crippen molar-refractivity contribution in [1.29, 1.82) is 0 Å². The molecule has 2 unspecified atom stereocenters. The molecule has 0 heterocycles. The van der Waals surface area contributed by atoms with Crippen LogP contribution >= 0.6 is 11.8 Å². The summed E-state index contributed by atoms with van der Waals surface area (Å²) < 4.78 is 5.48. The summed E-state index contributed by atoms with van der Waals surface area (Å²) in [7, 11) is 1.72. The summed E-state index contributed by atoms with van der Waals surface area (Å²) in [4.78, 5) is -0.247. The molecule has 12 heavy (non-hydrogen) atoms. The summed E-state index contributed by atoms with van der Waals surface area (Å²) in [5, 5.41) is 0. The highest BCUT2D eigenvalue weighted by atomic mass is 32.2. The van der Waals surface area contributed by atoms with Crippen LogP contribution in [-0.4, -0.2) is 24.8 Å². The molecule has 3 heteroatoms. The van der Waals surface area contributed by atoms with Crippen molar-refractivity contribution in [3.05, 3.63) is 24.3 Å². The third-order valence-electron chi connectivity index (χ3n) is 2.19. The van der Waals surface area contributed by atoms with E-state index in [0.717, 1.165) is 0 Å². The summed E-state index contributed by atoms with van der Waals surface area (Å²) in [5.41, 5.74) is 5.65. The number of ether oxygens (including phenoxy) is 1. The molecule has 0 aromatic heterocycles. The third-order valence-corrected chi connectivity index (χ3v) is 3.44. The van der Waals surface area contributed by atoms with Crippen molar-refractivity contribution < 1.29 is 4.74 Å². The standard InChI is InChI=1S/C9H15NOS/c1-11-9(12-2)6-4-3-5-8(9)7-10/h3-6,8H,7,10H2,1-2H3. The average molecular weight is 185 g/mol. The molecule has 2 N–H and O–H groups in total. The summed E-state index contributed by atoms with van der Waals surface area (Å²) in [6, 6.07) is 0. The lowest BCUT2D eigenvalue weighted by Crippen LogP contribution is -2.38. The van der Waals surface area contributed by atoms with Gasteiger partial charge in [-0.2, -0.15) is 0 Å². The van der Waals surface area contributed by atoms with E-state index in [9.17, 15) is 0 Å². The molecule has 0 saturated carbocycles. The van der Waals surface area contributed by atoms with Crippen LogP contribution in [0.15, 0.2) is 24.3 Å². The molecule has 0 fully saturated rings. The van der Waals surface area contributed by atoms with E-state index in [1.807, 2.05) is 18.4 Å². The van der Waals surface area contributed by atoms with Gasteiger partial charge in [0.25, 0.3) is 0 Å². The van der Waals surface area contributed by atoms with E-state index in [-0.39, 0.29) is 10.9 Å². The minimum atomic E-state index is -0.247. The normalized spacial score (nSPS) is 34.1. The Balaban J connectivity index is 2.84. The molecule has 1 aliphatic carbocycles. The molecule has 0 radical (unpaired) electrons. The molecule has 0 aromatic carbocycles. The van der Waals surface area contributed by atoms with Crippen molar-refractivity contribution in [2.24, 2.45) is 11.7 Å². The third kappa shape index (κ3) is 1.58. The van der Waals surface area contributed by atoms with Gasteiger partial charge in [0.05, 0.1) is 0 Å². The van der Waals surface area contributed by atoms with E-state index < -0.39 is 0 Å². The van der Waals surface area contributed by atoms with Crippen molar-refractivity contribution in [2.75, 3.05) is 19.9 Å². The van der Waals surface area contributed by atoms with Gasteiger partial charge >= 0.3 is 0 Å². The van der Waals surface area contributed by atoms with Crippen LogP contribution in [0.25, 0.3) is 0 Å². The quantitative estimate of drug-likeness (QED) is 0.675. The number of hydrogen-bond acceptors (Lipinski definition) is 3. The van der Waals surface area contributed by atoms with Gasteiger partial charge in [-0.15, -0.1) is 11.8 Å². The lowest BCUT2D eigenvalue weighted by atomic mass is 9.97. The Labute approximate surface area is 77.9 Å². The number of nitrogens with two attached hydrogens (primary N) is 1. The zero-order valence-electron chi connectivity index (χ0n) is 7.49. The Kier molecular flexibility index (Phi) is 3.38. The number of methoxy groups -OCH3 is 1. The topological polar surface area (TPSA) is 35.2 Å². The zero-order chi connectivity index (χ0) is 9.03. The Morgan fingerprint density at radius 2 is 2.33 bits per heavy atom. The monoisotopic (exact) mass is 185 g/mol. The maximum atomic E-state index is 5.65. The van der Waals surface area contributed by atoms with Gasteiger partial charge in [0.15, 0.2) is 0 Å². The average Bonchev–Trinajstić information content (AvgIpc) is 2.17. The van der Waals surface area contributed by atoms with Crippen LogP contribution in [0.2, 0.25) is 0 Å². The molecule has 0 amide bonds. The molecule has 0 aliphatic heterocycles. The number of hydrogen-bond donors (Lipinski definition) is 1. The fourth-order valence-corrected chi connectivity index (χ4v) is 2.27. The lowest BCUT2D eigenvalue weighted by molar-refractivity contribution is 0.0783. The molecular weight excluding hydrogens is 170 g/mol. The van der Waals surface area contributed by atoms with Crippen LogP contribution in [0.4, 0.5) is 0 Å². The second-order valence-corrected chi connectivity index (χ2v) is 3.76. The molecule has 0 saturated heterocycles. The maximum absolute atomic E-state index is 5.65. The van der Waals surface area contributed by atoms with Crippen LogP contribution in [0.5, 0.6) is 0 Å². The van der Waals surface area contributed by atoms with Crippen molar-refractivity contribution in [2.45, 2.75) is 4.93 Å². The molecular formula is C9H15NOS. The van der Waals surface area contributed by atoms with Crippen molar-refractivity contribution in [3.63, 3.8) is 0 Å². The lowest BCUT2D eigenvalue weighted by Gasteiger charge is -2.34. The van der Waals surface area contributed by atoms with Crippen molar-refractivity contribution >= 4 is 11.8 Å². The minimum absolute atomic E-state index is 0.247. The van der Waals surface area contributed by atoms with E-state index in [1.54, 1.807) is 18.9 Å². The summed E-state index contributed by atoms with van der Waals surface area (Å²) in [5.74, 6) is 0.280. The summed E-state index contributed by atoms with van der Waals surface area (Å²) in [6.07, 6.45) is 10.2. The first-order chi connectivity index (χ1) is 5.79. The van der Waals surface area contributed by atoms with Gasteiger partial charge in [-0.05, 0) is 12.3 Å². The maximum Gasteiger partial charge on any atom is 0.139 e. The second kappa shape index (κ2) is 4.12. The fourth-order valence-electron chi connectivity index (χ4n) is 1.41. The smallest absolute Gasteiger partial charge is 0.139 e. The summed E-state index contributed by atoms with van der Waals surface area (Å²) in [6.45, 7) is 0.621. The Morgan fingerprint density at radius 1 is 1.58 bits per heavy atom.